The predicted molar refractivity (Wildman–Crippen MR) is 239 cm³/mol. The van der Waals surface area contributed by atoms with E-state index in [1.807, 2.05) is 0 Å². The number of amides is 7. The second kappa shape index (κ2) is 30.2. The standard InChI is InChI=1S/C43H78N10O11/c1-8-24(3)33-38(59)51-34(25(4)9-2)39(60)53-35(27(6)54)40(61)49-30(23-31(44)56)37(58)48-26(5)42(63)64-28(7)36(41(62)52-33)50-32(57)22-29(55)20-18-16-14-12-10-11-13-15-17-19-21-47-43(45)46/h24-30,33-36,54-55H,8-23H2,1-7H3,(H2,44,56)(H,48,58)(H,49,61)(H,50,57)(H,51,59)(H,52,62)(H,53,60)(H4,45,46,47)/t24-,25-,26-,27-,28?,29?,30-,33-,34?,35-,36?/m1/s1. The lowest BCUT2D eigenvalue weighted by atomic mass is 9.94. The zero-order chi connectivity index (χ0) is 48.5. The maximum atomic E-state index is 14.1. The van der Waals surface area contributed by atoms with Crippen LogP contribution in [0.25, 0.3) is 0 Å². The molecule has 1 heterocycles. The van der Waals surface area contributed by atoms with Crippen molar-refractivity contribution < 1.29 is 53.3 Å². The SMILES string of the molecule is CC[C@@H](C)C1NC(=O)[C@@H]([C@H](C)CC)NC(=O)C(NC(=O)CC(O)CCCCCCCCCCCCN=C(N)N)C(C)OC(=O)[C@@H](C)NC(=O)[C@@H](CC(N)=O)NC(=O)[C@@H]([C@@H](C)O)NC1=O. The van der Waals surface area contributed by atoms with Crippen molar-refractivity contribution >= 4 is 53.3 Å². The minimum Gasteiger partial charge on any atom is -0.458 e. The molecule has 1 aliphatic heterocycles. The lowest BCUT2D eigenvalue weighted by Gasteiger charge is -2.32. The number of aliphatic hydroxyl groups is 2. The van der Waals surface area contributed by atoms with Crippen molar-refractivity contribution in [1.29, 1.82) is 0 Å². The molecule has 7 amide bonds. The zero-order valence-electron chi connectivity index (χ0n) is 38.9. The summed E-state index contributed by atoms with van der Waals surface area (Å²) < 4.78 is 5.56. The molecule has 11 atom stereocenters. The van der Waals surface area contributed by atoms with E-state index in [4.69, 9.17) is 21.9 Å². The fourth-order valence-corrected chi connectivity index (χ4v) is 7.00. The van der Waals surface area contributed by atoms with E-state index >= 15 is 0 Å². The number of ether oxygens (including phenoxy) is 1. The Labute approximate surface area is 377 Å². The molecule has 0 aromatic rings. The summed E-state index contributed by atoms with van der Waals surface area (Å²) in [7, 11) is 0. The fourth-order valence-electron chi connectivity index (χ4n) is 7.00. The number of cyclic esters (lactones) is 1. The Kier molecular flexibility index (Phi) is 26.8. The second-order valence-electron chi connectivity index (χ2n) is 17.1. The van der Waals surface area contributed by atoms with E-state index < -0.39 is 120 Å². The Morgan fingerprint density at radius 1 is 0.672 bits per heavy atom. The molecule has 0 aromatic heterocycles. The van der Waals surface area contributed by atoms with Crippen LogP contribution in [0.2, 0.25) is 0 Å². The van der Waals surface area contributed by atoms with Crippen molar-refractivity contribution in [2.75, 3.05) is 6.54 Å². The Morgan fingerprint density at radius 2 is 1.14 bits per heavy atom. The normalized spacial score (nSPS) is 24.9. The number of carbonyl (C=O) groups is 8. The lowest BCUT2D eigenvalue weighted by molar-refractivity contribution is -0.155. The number of nitrogens with two attached hydrogens (primary N) is 3. The van der Waals surface area contributed by atoms with Gasteiger partial charge in [0.15, 0.2) is 5.96 Å². The molecule has 21 heteroatoms. The molecule has 1 aliphatic rings. The first-order valence-electron chi connectivity index (χ1n) is 22.8. The summed E-state index contributed by atoms with van der Waals surface area (Å²) in [4.78, 5) is 111. The summed E-state index contributed by atoms with van der Waals surface area (Å²) in [6, 6.07) is -8.96. The van der Waals surface area contributed by atoms with Crippen LogP contribution in [0, 0.1) is 11.8 Å². The average Bonchev–Trinajstić information content (AvgIpc) is 3.22. The molecule has 0 aliphatic carbocycles. The molecule has 366 valence electrons. The van der Waals surface area contributed by atoms with Crippen molar-refractivity contribution in [3.63, 3.8) is 0 Å². The van der Waals surface area contributed by atoms with Gasteiger partial charge in [0.1, 0.15) is 42.4 Å². The smallest absolute Gasteiger partial charge is 0.328 e. The minimum atomic E-state index is -1.68. The van der Waals surface area contributed by atoms with Crippen LogP contribution in [-0.4, -0.2) is 125 Å². The van der Waals surface area contributed by atoms with E-state index in [-0.39, 0.29) is 12.4 Å². The van der Waals surface area contributed by atoms with Gasteiger partial charge >= 0.3 is 5.97 Å². The van der Waals surface area contributed by atoms with E-state index in [0.717, 1.165) is 57.8 Å². The summed E-state index contributed by atoms with van der Waals surface area (Å²) in [6.45, 7) is 11.3. The number of aliphatic hydroxyl groups excluding tert-OH is 2. The first-order valence-corrected chi connectivity index (χ1v) is 22.8. The van der Waals surface area contributed by atoms with E-state index in [1.165, 1.54) is 20.8 Å². The number of nitrogens with one attached hydrogen (secondary N) is 6. The third-order valence-electron chi connectivity index (χ3n) is 11.4. The number of unbranched alkanes of at least 4 members (excludes halogenated alkanes) is 9. The van der Waals surface area contributed by atoms with Gasteiger partial charge in [0.25, 0.3) is 0 Å². The quantitative estimate of drug-likeness (QED) is 0.0268. The van der Waals surface area contributed by atoms with E-state index in [1.54, 1.807) is 27.7 Å². The molecule has 1 rings (SSSR count). The monoisotopic (exact) mass is 911 g/mol. The molecule has 1 saturated heterocycles. The van der Waals surface area contributed by atoms with Crippen LogP contribution in [0.1, 0.15) is 145 Å². The summed E-state index contributed by atoms with van der Waals surface area (Å²) in [6.07, 6.45) is 6.07. The van der Waals surface area contributed by atoms with Gasteiger partial charge in [-0.3, -0.25) is 38.6 Å². The van der Waals surface area contributed by atoms with Crippen LogP contribution < -0.4 is 49.1 Å². The number of guanidine groups is 1. The molecule has 0 bridgehead atoms. The molecule has 0 aromatic carbocycles. The summed E-state index contributed by atoms with van der Waals surface area (Å²) >= 11 is 0. The van der Waals surface area contributed by atoms with Gasteiger partial charge in [-0.25, -0.2) is 4.79 Å². The first kappa shape index (κ1) is 57.0. The maximum Gasteiger partial charge on any atom is 0.328 e. The van der Waals surface area contributed by atoms with E-state index in [0.29, 0.717) is 32.2 Å². The van der Waals surface area contributed by atoms with Gasteiger partial charge < -0.3 is 64.1 Å². The van der Waals surface area contributed by atoms with Crippen LogP contribution in [0.4, 0.5) is 0 Å². The second-order valence-corrected chi connectivity index (χ2v) is 17.1. The third-order valence-corrected chi connectivity index (χ3v) is 11.4. The van der Waals surface area contributed by atoms with E-state index in [9.17, 15) is 48.6 Å². The molecule has 0 radical (unpaired) electrons. The highest BCUT2D eigenvalue weighted by Gasteiger charge is 2.39. The highest BCUT2D eigenvalue weighted by atomic mass is 16.5. The van der Waals surface area contributed by atoms with Crippen LogP contribution in [0.15, 0.2) is 4.99 Å². The molecular formula is C43H78N10O11. The number of hydrogen-bond acceptors (Lipinski definition) is 12. The number of nitrogens with zero attached hydrogens (tertiary/aromatic N) is 1. The average molecular weight is 911 g/mol. The topological polar surface area (TPSA) is 349 Å². The molecule has 1 fully saturated rings. The Morgan fingerprint density at radius 3 is 1.62 bits per heavy atom. The predicted octanol–water partition coefficient (Wildman–Crippen LogP) is -0.476. The molecular weight excluding hydrogens is 833 g/mol. The number of aliphatic imine (C=N–C) groups is 1. The number of rotatable bonds is 23. The molecule has 0 spiro atoms. The summed E-state index contributed by atoms with van der Waals surface area (Å²) in [5.41, 5.74) is 16.0. The molecule has 4 unspecified atom stereocenters. The van der Waals surface area contributed by atoms with Crippen LogP contribution in [0.5, 0.6) is 0 Å². The zero-order valence-corrected chi connectivity index (χ0v) is 38.9. The number of esters is 1. The Balaban J connectivity index is 3.28. The molecule has 0 saturated carbocycles. The Bertz CT molecular complexity index is 1560. The van der Waals surface area contributed by atoms with Gasteiger partial charge in [0.05, 0.1) is 25.0 Å². The van der Waals surface area contributed by atoms with Crippen molar-refractivity contribution in [2.45, 2.75) is 199 Å². The van der Waals surface area contributed by atoms with Crippen molar-refractivity contribution in [1.82, 2.24) is 31.9 Å². The van der Waals surface area contributed by atoms with Gasteiger partial charge in [-0.15, -0.1) is 0 Å². The maximum absolute atomic E-state index is 14.1. The van der Waals surface area contributed by atoms with Gasteiger partial charge in [-0.2, -0.15) is 0 Å². The third kappa shape index (κ3) is 21.6. The van der Waals surface area contributed by atoms with Gasteiger partial charge in [0.2, 0.25) is 41.4 Å². The molecule has 64 heavy (non-hydrogen) atoms. The van der Waals surface area contributed by atoms with Crippen molar-refractivity contribution in [2.24, 2.45) is 34.0 Å². The molecule has 14 N–H and O–H groups in total. The summed E-state index contributed by atoms with van der Waals surface area (Å²) in [5, 5.41) is 36.2. The number of primary amides is 1. The minimum absolute atomic E-state index is 0.112. The van der Waals surface area contributed by atoms with Gasteiger partial charge in [-0.05, 0) is 45.4 Å². The summed E-state index contributed by atoms with van der Waals surface area (Å²) in [5.74, 6) is -8.43. The van der Waals surface area contributed by atoms with Crippen LogP contribution >= 0.6 is 0 Å². The highest BCUT2D eigenvalue weighted by molar-refractivity contribution is 5.98. The fraction of sp³-hybridized carbons (Fsp3) is 0.791. The first-order chi connectivity index (χ1) is 30.1. The van der Waals surface area contributed by atoms with E-state index in [2.05, 4.69) is 36.9 Å². The van der Waals surface area contributed by atoms with Gasteiger partial charge in [-0.1, -0.05) is 98.3 Å². The van der Waals surface area contributed by atoms with Crippen molar-refractivity contribution in [3.05, 3.63) is 0 Å². The van der Waals surface area contributed by atoms with Crippen LogP contribution in [0.3, 0.4) is 0 Å². The lowest BCUT2D eigenvalue weighted by Crippen LogP contribution is -2.63. The number of carbonyl (C=O) groups excluding carboxylic acids is 8. The number of hydrogen-bond donors (Lipinski definition) is 11. The Hall–Kier alpha value is -5.05. The molecule has 21 nitrogen and oxygen atoms in total. The highest BCUT2D eigenvalue weighted by Crippen LogP contribution is 2.16. The van der Waals surface area contributed by atoms with Crippen LogP contribution in [-0.2, 0) is 43.1 Å². The van der Waals surface area contributed by atoms with Gasteiger partial charge in [0, 0.05) is 6.54 Å². The largest absolute Gasteiger partial charge is 0.458 e. The van der Waals surface area contributed by atoms with Crippen molar-refractivity contribution in [3.8, 4) is 0 Å².